The van der Waals surface area contributed by atoms with E-state index in [1.54, 1.807) is 0 Å². The van der Waals surface area contributed by atoms with Crippen molar-refractivity contribution < 1.29 is 13.2 Å². The Labute approximate surface area is 172 Å². The van der Waals surface area contributed by atoms with Crippen molar-refractivity contribution in [1.82, 2.24) is 0 Å². The molecule has 0 radical (unpaired) electrons. The molecule has 6 nitrogen and oxygen atoms in total. The molecule has 8 heteroatoms. The summed E-state index contributed by atoms with van der Waals surface area (Å²) in [6, 6.07) is 6.19. The molecule has 1 aromatic rings. The van der Waals surface area contributed by atoms with Gasteiger partial charge in [0.05, 0.1) is 11.3 Å². The van der Waals surface area contributed by atoms with E-state index in [0.29, 0.717) is 26.1 Å². The zero-order chi connectivity index (χ0) is 17.9. The van der Waals surface area contributed by atoms with Crippen molar-refractivity contribution >= 4 is 45.5 Å². The first-order valence-electron chi connectivity index (χ1n) is 8.86. The number of hydrogen-bond acceptors (Lipinski definition) is 4. The molecule has 1 heterocycles. The molecule has 1 aromatic carbocycles. The van der Waals surface area contributed by atoms with Crippen molar-refractivity contribution in [2.24, 2.45) is 10.7 Å². The topological polar surface area (TPSA) is 93.8 Å². The number of aryl methyl sites for hydroxylation is 1. The first kappa shape index (κ1) is 21.4. The summed E-state index contributed by atoms with van der Waals surface area (Å²) in [5.41, 5.74) is 9.72. The van der Waals surface area contributed by atoms with Crippen molar-refractivity contribution in [2.45, 2.75) is 43.3 Å². The monoisotopic (exact) mass is 493 g/mol. The van der Waals surface area contributed by atoms with Crippen LogP contribution in [0.4, 0.5) is 5.69 Å². The summed E-state index contributed by atoms with van der Waals surface area (Å²) in [6.07, 6.45) is 6.74. The van der Waals surface area contributed by atoms with E-state index in [1.807, 2.05) is 12.1 Å². The molecule has 0 amide bonds. The molecule has 0 bridgehead atoms. The molecular weight excluding hydrogens is 465 g/mol. The third-order valence-electron chi connectivity index (χ3n) is 5.39. The number of rotatable bonds is 4. The van der Waals surface area contributed by atoms with Crippen LogP contribution in [0, 0.1) is 0 Å². The van der Waals surface area contributed by atoms with E-state index in [9.17, 15) is 8.42 Å². The summed E-state index contributed by atoms with van der Waals surface area (Å²) < 4.78 is 29.0. The molecule has 1 aliphatic heterocycles. The molecule has 146 valence electrons. The number of anilines is 1. The largest absolute Gasteiger partial charge is 0.381 e. The Bertz CT molecular complexity index is 759. The van der Waals surface area contributed by atoms with Crippen LogP contribution < -0.4 is 11.1 Å². The van der Waals surface area contributed by atoms with Crippen LogP contribution in [0.1, 0.15) is 36.8 Å². The maximum Gasteiger partial charge on any atom is 0.193 e. The fourth-order valence-electron chi connectivity index (χ4n) is 3.69. The zero-order valence-corrected chi connectivity index (χ0v) is 18.3. The van der Waals surface area contributed by atoms with Gasteiger partial charge in [0, 0.05) is 25.2 Å². The molecule has 1 saturated heterocycles. The van der Waals surface area contributed by atoms with Gasteiger partial charge in [0.25, 0.3) is 0 Å². The summed E-state index contributed by atoms with van der Waals surface area (Å²) >= 11 is 0. The molecule has 2 aliphatic rings. The number of aliphatic imine (C=N–C) groups is 1. The standard InChI is InChI=1S/C18H27N3O3S.HI/c1-25(22,23)18(9-11-24-12-10-18)13-20-17(19)21-16-8-4-6-14-5-2-3-7-15(14)16;/h4,6,8H,2-3,5,7,9-13H2,1H3,(H3,19,20,21);1H. The van der Waals surface area contributed by atoms with Gasteiger partial charge >= 0.3 is 0 Å². The first-order valence-corrected chi connectivity index (χ1v) is 10.8. The maximum atomic E-state index is 12.3. The number of fused-ring (bicyclic) bond motifs is 1. The van der Waals surface area contributed by atoms with E-state index in [0.717, 1.165) is 18.5 Å². The van der Waals surface area contributed by atoms with Gasteiger partial charge in [-0.1, -0.05) is 12.1 Å². The minimum Gasteiger partial charge on any atom is -0.381 e. The van der Waals surface area contributed by atoms with E-state index < -0.39 is 14.6 Å². The quantitative estimate of drug-likeness (QED) is 0.382. The minimum atomic E-state index is -3.24. The fraction of sp³-hybridized carbons (Fsp3) is 0.611. The van der Waals surface area contributed by atoms with Gasteiger partial charge in [-0.3, -0.25) is 4.99 Å². The lowest BCUT2D eigenvalue weighted by Gasteiger charge is -2.34. The highest BCUT2D eigenvalue weighted by atomic mass is 127. The summed E-state index contributed by atoms with van der Waals surface area (Å²) in [5.74, 6) is 0.272. The van der Waals surface area contributed by atoms with Crippen molar-refractivity contribution in [3.05, 3.63) is 29.3 Å². The van der Waals surface area contributed by atoms with E-state index in [-0.39, 0.29) is 36.5 Å². The van der Waals surface area contributed by atoms with Crippen LogP contribution in [-0.2, 0) is 27.4 Å². The highest BCUT2D eigenvalue weighted by molar-refractivity contribution is 14.0. The Morgan fingerprint density at radius 3 is 2.65 bits per heavy atom. The van der Waals surface area contributed by atoms with Gasteiger partial charge in [0.1, 0.15) is 0 Å². The Morgan fingerprint density at radius 2 is 1.96 bits per heavy atom. The second kappa shape index (κ2) is 8.88. The molecule has 1 aliphatic carbocycles. The summed E-state index contributed by atoms with van der Waals surface area (Å²) in [4.78, 5) is 4.38. The smallest absolute Gasteiger partial charge is 0.193 e. The number of nitrogens with zero attached hydrogens (tertiary/aromatic N) is 1. The second-order valence-electron chi connectivity index (χ2n) is 7.04. The van der Waals surface area contributed by atoms with E-state index in [2.05, 4.69) is 16.4 Å². The van der Waals surface area contributed by atoms with Crippen LogP contribution in [-0.4, -0.2) is 45.1 Å². The van der Waals surface area contributed by atoms with Crippen molar-refractivity contribution in [2.75, 3.05) is 31.3 Å². The van der Waals surface area contributed by atoms with Crippen LogP contribution in [0.25, 0.3) is 0 Å². The van der Waals surface area contributed by atoms with Crippen LogP contribution >= 0.6 is 24.0 Å². The summed E-state index contributed by atoms with van der Waals surface area (Å²) in [7, 11) is -3.24. The number of nitrogens with two attached hydrogens (primary N) is 1. The third-order valence-corrected chi connectivity index (χ3v) is 7.50. The molecule has 0 aromatic heterocycles. The fourth-order valence-corrected chi connectivity index (χ4v) is 4.90. The van der Waals surface area contributed by atoms with Gasteiger partial charge in [-0.05, 0) is 55.7 Å². The number of halogens is 1. The van der Waals surface area contributed by atoms with E-state index in [1.165, 1.54) is 30.2 Å². The molecule has 0 unspecified atom stereocenters. The Morgan fingerprint density at radius 1 is 1.27 bits per heavy atom. The van der Waals surface area contributed by atoms with E-state index in [4.69, 9.17) is 10.5 Å². The zero-order valence-electron chi connectivity index (χ0n) is 15.2. The van der Waals surface area contributed by atoms with Crippen molar-refractivity contribution in [3.63, 3.8) is 0 Å². The third kappa shape index (κ3) is 4.69. The molecule has 0 saturated carbocycles. The number of benzene rings is 1. The van der Waals surface area contributed by atoms with Gasteiger partial charge in [-0.15, -0.1) is 24.0 Å². The Hall–Kier alpha value is -0.870. The first-order chi connectivity index (χ1) is 11.9. The van der Waals surface area contributed by atoms with Crippen molar-refractivity contribution in [1.29, 1.82) is 0 Å². The molecular formula is C18H28IN3O3S. The van der Waals surface area contributed by atoms with Crippen LogP contribution in [0.2, 0.25) is 0 Å². The molecule has 0 spiro atoms. The predicted molar refractivity (Wildman–Crippen MR) is 116 cm³/mol. The van der Waals surface area contributed by atoms with Gasteiger partial charge in [-0.25, -0.2) is 8.42 Å². The van der Waals surface area contributed by atoms with Gasteiger partial charge < -0.3 is 15.8 Å². The van der Waals surface area contributed by atoms with Crippen LogP contribution in [0.5, 0.6) is 0 Å². The van der Waals surface area contributed by atoms with Crippen LogP contribution in [0.15, 0.2) is 23.2 Å². The van der Waals surface area contributed by atoms with Gasteiger partial charge in [0.15, 0.2) is 15.8 Å². The molecule has 26 heavy (non-hydrogen) atoms. The highest BCUT2D eigenvalue weighted by Crippen LogP contribution is 2.30. The molecule has 0 atom stereocenters. The Kier molecular flexibility index (Phi) is 7.32. The predicted octanol–water partition coefficient (Wildman–Crippen LogP) is 2.50. The number of hydrogen-bond donors (Lipinski definition) is 2. The average molecular weight is 493 g/mol. The maximum absolute atomic E-state index is 12.3. The summed E-state index contributed by atoms with van der Waals surface area (Å²) in [5, 5.41) is 3.18. The normalized spacial score (nSPS) is 20.0. The SMILES string of the molecule is CS(=O)(=O)C1(CN=C(N)Nc2cccc3c2CCCC3)CCOCC1.I. The van der Waals surface area contributed by atoms with Gasteiger partial charge in [-0.2, -0.15) is 0 Å². The number of guanidine groups is 1. The number of sulfone groups is 1. The molecule has 3 N–H and O–H groups in total. The molecule has 1 fully saturated rings. The lowest BCUT2D eigenvalue weighted by molar-refractivity contribution is 0.0768. The number of nitrogens with one attached hydrogen (secondary N) is 1. The Balaban J connectivity index is 0.00000243. The second-order valence-corrected chi connectivity index (χ2v) is 9.45. The lowest BCUT2D eigenvalue weighted by Crippen LogP contribution is -2.46. The van der Waals surface area contributed by atoms with Gasteiger partial charge in [0.2, 0.25) is 0 Å². The lowest BCUT2D eigenvalue weighted by atomic mass is 9.90. The summed E-state index contributed by atoms with van der Waals surface area (Å²) in [6.45, 7) is 1.06. The molecule has 3 rings (SSSR count). The van der Waals surface area contributed by atoms with Crippen molar-refractivity contribution in [3.8, 4) is 0 Å². The number of ether oxygens (including phenoxy) is 1. The highest BCUT2D eigenvalue weighted by Gasteiger charge is 2.42. The van der Waals surface area contributed by atoms with Crippen LogP contribution in [0.3, 0.4) is 0 Å². The minimum absolute atomic E-state index is 0. The van der Waals surface area contributed by atoms with E-state index >= 15 is 0 Å². The average Bonchev–Trinajstić information content (AvgIpc) is 2.60.